The summed E-state index contributed by atoms with van der Waals surface area (Å²) < 4.78 is 80.4. The number of nitrogens with one attached hydrogen (secondary N) is 1. The quantitative estimate of drug-likeness (QED) is 0.177. The summed E-state index contributed by atoms with van der Waals surface area (Å²) in [6.45, 7) is -1.31. The van der Waals surface area contributed by atoms with Crippen molar-refractivity contribution in [1.29, 1.82) is 0 Å². The number of nitrogens with zero attached hydrogens (tertiary/aromatic N) is 2. The molecule has 13 nitrogen and oxygen atoms in total. The zero-order valence-electron chi connectivity index (χ0n) is 15.0. The summed E-state index contributed by atoms with van der Waals surface area (Å²) in [7, 11) is -4.72. The predicted molar refractivity (Wildman–Crippen MR) is 100.0 cm³/mol. The highest BCUT2D eigenvalue weighted by molar-refractivity contribution is 8.13. The number of hydrogen-bond donors (Lipinski definition) is 1. The summed E-state index contributed by atoms with van der Waals surface area (Å²) in [6.07, 6.45) is 0. The molecule has 32 heavy (non-hydrogen) atoms. The molecule has 0 atom stereocenters. The Hall–Kier alpha value is -3.28. The van der Waals surface area contributed by atoms with E-state index in [2.05, 4.69) is 4.74 Å². The molecule has 172 valence electrons. The Kier molecular flexibility index (Phi) is 7.08. The van der Waals surface area contributed by atoms with Crippen LogP contribution in [0.15, 0.2) is 40.1 Å². The van der Waals surface area contributed by atoms with Gasteiger partial charge in [-0.25, -0.2) is 25.6 Å². The van der Waals surface area contributed by atoms with E-state index in [0.717, 1.165) is 0 Å². The summed E-state index contributed by atoms with van der Waals surface area (Å²) >= 11 is 0. The highest BCUT2D eigenvalue weighted by Gasteiger charge is 2.32. The van der Waals surface area contributed by atoms with Gasteiger partial charge in [0.2, 0.25) is 15.8 Å². The number of carbonyl (C=O) groups is 1. The van der Waals surface area contributed by atoms with Gasteiger partial charge >= 0.3 is 11.7 Å². The molecule has 0 spiro atoms. The minimum Gasteiger partial charge on any atom is -0.418 e. The first-order chi connectivity index (χ1) is 14.6. The monoisotopic (exact) mass is 515 g/mol. The maximum absolute atomic E-state index is 13.7. The Balaban J connectivity index is 2.34. The number of nitro groups is 2. The van der Waals surface area contributed by atoms with Gasteiger partial charge < -0.3 is 4.74 Å². The molecule has 0 heterocycles. The molecular formula is C14H8ClF2N3O10S2. The highest BCUT2D eigenvalue weighted by Crippen LogP contribution is 2.36. The van der Waals surface area contributed by atoms with Gasteiger partial charge in [0, 0.05) is 34.9 Å². The molecule has 1 N–H and O–H groups in total. The van der Waals surface area contributed by atoms with Crippen LogP contribution in [-0.2, 0) is 23.9 Å². The SMILES string of the molecule is O=C(CNS(=O)(=O)c1cc(F)ccc1[N+](=O)[O-])Oc1cc(F)cc(S(=O)(=O)Cl)c1[N+](=O)[O-]. The van der Waals surface area contributed by atoms with Gasteiger partial charge in [0.25, 0.3) is 14.7 Å². The topological polar surface area (TPSA) is 193 Å². The van der Waals surface area contributed by atoms with Crippen LogP contribution in [0.2, 0.25) is 0 Å². The van der Waals surface area contributed by atoms with Crippen molar-refractivity contribution in [3.05, 3.63) is 62.2 Å². The van der Waals surface area contributed by atoms with Crippen molar-refractivity contribution < 1.29 is 45.0 Å². The molecule has 0 saturated heterocycles. The van der Waals surface area contributed by atoms with Crippen LogP contribution in [0.25, 0.3) is 0 Å². The molecule has 2 aromatic rings. The fourth-order valence-corrected chi connectivity index (χ4v) is 4.40. The van der Waals surface area contributed by atoms with Gasteiger partial charge in [-0.3, -0.25) is 25.0 Å². The lowest BCUT2D eigenvalue weighted by Gasteiger charge is -2.09. The third-order valence-electron chi connectivity index (χ3n) is 3.49. The third-order valence-corrected chi connectivity index (χ3v) is 6.25. The Labute approximate surface area is 181 Å². The van der Waals surface area contributed by atoms with Crippen molar-refractivity contribution in [3.63, 3.8) is 0 Å². The van der Waals surface area contributed by atoms with E-state index in [0.29, 0.717) is 18.2 Å². The number of sulfonamides is 1. The van der Waals surface area contributed by atoms with Gasteiger partial charge in [-0.15, -0.1) is 0 Å². The first-order valence-electron chi connectivity index (χ1n) is 7.70. The summed E-state index contributed by atoms with van der Waals surface area (Å²) in [5.74, 6) is -5.37. The molecule has 0 aliphatic heterocycles. The second-order valence-electron chi connectivity index (χ2n) is 5.61. The number of esters is 1. The molecule has 0 aliphatic rings. The number of benzene rings is 2. The Morgan fingerprint density at radius 3 is 2.12 bits per heavy atom. The lowest BCUT2D eigenvalue weighted by atomic mass is 10.3. The van der Waals surface area contributed by atoms with E-state index in [1.165, 1.54) is 0 Å². The van der Waals surface area contributed by atoms with Gasteiger partial charge in [-0.1, -0.05) is 0 Å². The standard InChI is InChI=1S/C14H8ClF2N3O10S2/c15-31(26,27)12-5-8(17)3-10(14(12)20(24)25)30-13(21)6-18-32(28,29)11-4-7(16)1-2-9(11)19(22)23/h1-5,18H,6H2. The van der Waals surface area contributed by atoms with Crippen molar-refractivity contribution in [2.75, 3.05) is 6.54 Å². The highest BCUT2D eigenvalue weighted by atomic mass is 35.7. The molecule has 0 unspecified atom stereocenters. The van der Waals surface area contributed by atoms with Crippen molar-refractivity contribution in [2.45, 2.75) is 9.79 Å². The lowest BCUT2D eigenvalue weighted by Crippen LogP contribution is -2.32. The van der Waals surface area contributed by atoms with Crippen LogP contribution >= 0.6 is 10.7 Å². The average molecular weight is 516 g/mol. The minimum absolute atomic E-state index is 0.198. The molecule has 0 saturated carbocycles. The molecule has 0 amide bonds. The van der Waals surface area contributed by atoms with Gasteiger partial charge in [0.1, 0.15) is 18.2 Å². The van der Waals surface area contributed by atoms with E-state index < -0.39 is 80.0 Å². The fraction of sp³-hybridized carbons (Fsp3) is 0.0714. The number of hydrogen-bond acceptors (Lipinski definition) is 10. The van der Waals surface area contributed by atoms with Gasteiger partial charge in [-0.2, -0.15) is 4.72 Å². The van der Waals surface area contributed by atoms with Crippen molar-refractivity contribution in [2.24, 2.45) is 0 Å². The number of ether oxygens (including phenoxy) is 1. The molecule has 18 heteroatoms. The van der Waals surface area contributed by atoms with E-state index in [1.807, 2.05) is 0 Å². The zero-order chi connectivity index (χ0) is 24.4. The van der Waals surface area contributed by atoms with E-state index in [1.54, 1.807) is 4.72 Å². The molecule has 0 bridgehead atoms. The Morgan fingerprint density at radius 2 is 1.59 bits per heavy atom. The summed E-state index contributed by atoms with van der Waals surface area (Å²) in [6, 6.07) is 1.96. The second-order valence-corrected chi connectivity index (χ2v) is 9.88. The second kappa shape index (κ2) is 9.07. The number of rotatable bonds is 8. The predicted octanol–water partition coefficient (Wildman–Crippen LogP) is 1.59. The molecule has 0 aromatic heterocycles. The lowest BCUT2D eigenvalue weighted by molar-refractivity contribution is -0.388. The Bertz CT molecular complexity index is 1350. The maximum atomic E-state index is 13.7. The van der Waals surface area contributed by atoms with Crippen LogP contribution in [0, 0.1) is 31.9 Å². The van der Waals surface area contributed by atoms with Crippen LogP contribution < -0.4 is 9.46 Å². The van der Waals surface area contributed by atoms with Crippen molar-refractivity contribution in [1.82, 2.24) is 4.72 Å². The molecule has 2 rings (SSSR count). The first kappa shape index (κ1) is 25.0. The summed E-state index contributed by atoms with van der Waals surface area (Å²) in [5.41, 5.74) is -2.43. The normalized spacial score (nSPS) is 11.7. The van der Waals surface area contributed by atoms with Gasteiger partial charge in [0.05, 0.1) is 9.85 Å². The zero-order valence-corrected chi connectivity index (χ0v) is 17.4. The van der Waals surface area contributed by atoms with Crippen LogP contribution in [0.5, 0.6) is 5.75 Å². The molecule has 0 aliphatic carbocycles. The minimum atomic E-state index is -4.87. The molecule has 0 fully saturated rings. The molecule has 0 radical (unpaired) electrons. The van der Waals surface area contributed by atoms with Crippen LogP contribution in [-0.4, -0.2) is 39.2 Å². The number of carbonyl (C=O) groups excluding carboxylic acids is 1. The summed E-state index contributed by atoms with van der Waals surface area (Å²) in [5, 5.41) is 22.1. The first-order valence-corrected chi connectivity index (χ1v) is 11.5. The van der Waals surface area contributed by atoms with E-state index in [9.17, 15) is 50.6 Å². The Morgan fingerprint density at radius 1 is 1.00 bits per heavy atom. The number of nitro benzene ring substituents is 2. The number of halogens is 3. The van der Waals surface area contributed by atoms with E-state index in [-0.39, 0.29) is 12.1 Å². The van der Waals surface area contributed by atoms with E-state index >= 15 is 0 Å². The van der Waals surface area contributed by atoms with E-state index in [4.69, 9.17) is 10.7 Å². The smallest absolute Gasteiger partial charge is 0.331 e. The van der Waals surface area contributed by atoms with Crippen LogP contribution in [0.4, 0.5) is 20.2 Å². The van der Waals surface area contributed by atoms with Crippen LogP contribution in [0.3, 0.4) is 0 Å². The van der Waals surface area contributed by atoms with Gasteiger partial charge in [0.15, 0.2) is 9.79 Å². The largest absolute Gasteiger partial charge is 0.418 e. The van der Waals surface area contributed by atoms with Crippen molar-refractivity contribution in [3.8, 4) is 5.75 Å². The van der Waals surface area contributed by atoms with Gasteiger partial charge in [-0.05, 0) is 6.07 Å². The third kappa shape index (κ3) is 5.69. The fourth-order valence-electron chi connectivity index (χ4n) is 2.24. The molecular weight excluding hydrogens is 508 g/mol. The average Bonchev–Trinajstić information content (AvgIpc) is 2.64. The molecule has 2 aromatic carbocycles. The maximum Gasteiger partial charge on any atom is 0.331 e. The summed E-state index contributed by atoms with van der Waals surface area (Å²) in [4.78, 5) is 29.1. The van der Waals surface area contributed by atoms with Crippen LogP contribution in [0.1, 0.15) is 0 Å². The van der Waals surface area contributed by atoms with Crippen molar-refractivity contribution >= 4 is 47.1 Å².